The van der Waals surface area contributed by atoms with Gasteiger partial charge in [-0.2, -0.15) is 8.42 Å². The maximum Gasteiger partial charge on any atom is 0.298 e. The van der Waals surface area contributed by atoms with Crippen LogP contribution < -0.4 is 5.43 Å². The smallest absolute Gasteiger partial charge is 0.296 e. The highest BCUT2D eigenvalue weighted by Crippen LogP contribution is 2.30. The maximum absolute atomic E-state index is 12.9. The summed E-state index contributed by atoms with van der Waals surface area (Å²) in [7, 11) is -4.64. The van der Waals surface area contributed by atoms with Gasteiger partial charge in [-0.25, -0.2) is 4.98 Å². The zero-order valence-corrected chi connectivity index (χ0v) is 13.5. The number of hydrogen-bond donors (Lipinski definition) is 1. The molecule has 0 unspecified atom stereocenters. The Morgan fingerprint density at radius 2 is 1.76 bits per heavy atom. The Kier molecular flexibility index (Phi) is 2.60. The van der Waals surface area contributed by atoms with Crippen molar-refractivity contribution in [3.05, 3.63) is 65.0 Å². The fourth-order valence-corrected chi connectivity index (χ4v) is 4.04. The summed E-state index contributed by atoms with van der Waals surface area (Å²) >= 11 is 0. The first-order chi connectivity index (χ1) is 11.9. The summed E-state index contributed by atoms with van der Waals surface area (Å²) in [6.07, 6.45) is 1.76. The van der Waals surface area contributed by atoms with Crippen molar-refractivity contribution in [1.82, 2.24) is 9.38 Å². The molecule has 122 valence electrons. The summed E-state index contributed by atoms with van der Waals surface area (Å²) in [4.78, 5) is 16.9. The predicted octanol–water partition coefficient (Wildman–Crippen LogP) is 2.84. The fraction of sp³-hybridized carbons (Fsp3) is 0. The molecule has 0 radical (unpaired) electrons. The lowest BCUT2D eigenvalue weighted by molar-refractivity contribution is 0.482. The minimum Gasteiger partial charge on any atom is -0.296 e. The van der Waals surface area contributed by atoms with E-state index in [9.17, 15) is 17.8 Å². The van der Waals surface area contributed by atoms with E-state index in [2.05, 4.69) is 4.98 Å². The molecule has 2 heterocycles. The molecule has 0 spiro atoms. The summed E-state index contributed by atoms with van der Waals surface area (Å²) in [5, 5.41) is 2.86. The van der Waals surface area contributed by atoms with Crippen LogP contribution in [0.2, 0.25) is 0 Å². The third-order valence-electron chi connectivity index (χ3n) is 4.48. The fourth-order valence-electron chi connectivity index (χ4n) is 3.43. The van der Waals surface area contributed by atoms with Gasteiger partial charge in [0.05, 0.1) is 5.52 Å². The van der Waals surface area contributed by atoms with E-state index >= 15 is 0 Å². The van der Waals surface area contributed by atoms with E-state index in [4.69, 9.17) is 0 Å². The Morgan fingerprint density at radius 1 is 1.00 bits per heavy atom. The van der Waals surface area contributed by atoms with Crippen LogP contribution in [0.5, 0.6) is 0 Å². The highest BCUT2D eigenvalue weighted by Gasteiger charge is 2.22. The summed E-state index contributed by atoms with van der Waals surface area (Å²) in [6.45, 7) is 0. The largest absolute Gasteiger partial charge is 0.298 e. The Morgan fingerprint density at radius 3 is 2.56 bits per heavy atom. The number of fused-ring (bicyclic) bond motifs is 4. The van der Waals surface area contributed by atoms with Crippen LogP contribution >= 0.6 is 0 Å². The second-order valence-corrected chi connectivity index (χ2v) is 7.31. The van der Waals surface area contributed by atoms with Gasteiger partial charge >= 0.3 is 0 Å². The van der Waals surface area contributed by atoms with Gasteiger partial charge in [0.25, 0.3) is 10.1 Å². The second-order valence-electron chi connectivity index (χ2n) is 5.92. The highest BCUT2D eigenvalue weighted by molar-refractivity contribution is 7.85. The van der Waals surface area contributed by atoms with Crippen molar-refractivity contribution in [3.8, 4) is 0 Å². The molecule has 0 saturated carbocycles. The molecule has 5 rings (SSSR count). The second kappa shape index (κ2) is 4.53. The van der Waals surface area contributed by atoms with Crippen LogP contribution in [0.3, 0.4) is 0 Å². The minimum atomic E-state index is -4.64. The third-order valence-corrected chi connectivity index (χ3v) is 5.34. The molecule has 7 heteroatoms. The average Bonchev–Trinajstić information content (AvgIpc) is 2.94. The van der Waals surface area contributed by atoms with Crippen LogP contribution in [-0.4, -0.2) is 22.4 Å². The molecular formula is C18H10N2O4S. The SMILES string of the molecule is O=c1c(S(=O)(=O)O)cc2cccc3nc4c5ccccc5cn4c1c23. The monoisotopic (exact) mass is 350 g/mol. The number of aromatic nitrogens is 2. The minimum absolute atomic E-state index is 0.196. The molecule has 0 aliphatic carbocycles. The third kappa shape index (κ3) is 1.84. The first-order valence-electron chi connectivity index (χ1n) is 7.51. The summed E-state index contributed by atoms with van der Waals surface area (Å²) in [5.41, 5.74) is 0.629. The van der Waals surface area contributed by atoms with Crippen molar-refractivity contribution < 1.29 is 13.0 Å². The van der Waals surface area contributed by atoms with E-state index in [-0.39, 0.29) is 5.52 Å². The quantitative estimate of drug-likeness (QED) is 0.470. The number of benzene rings is 3. The van der Waals surface area contributed by atoms with Crippen LogP contribution in [0, 0.1) is 0 Å². The topological polar surface area (TPSA) is 88.7 Å². The Labute approximate surface area is 141 Å². The van der Waals surface area contributed by atoms with Crippen LogP contribution in [0.25, 0.3) is 38.2 Å². The molecule has 1 N–H and O–H groups in total. The van der Waals surface area contributed by atoms with E-state index in [1.807, 2.05) is 24.3 Å². The van der Waals surface area contributed by atoms with Gasteiger partial charge in [0.2, 0.25) is 5.43 Å². The molecule has 0 bridgehead atoms. The van der Waals surface area contributed by atoms with Gasteiger partial charge in [-0.05, 0) is 17.5 Å². The predicted molar refractivity (Wildman–Crippen MR) is 95.0 cm³/mol. The number of hydrogen-bond acceptors (Lipinski definition) is 4. The molecule has 0 atom stereocenters. The van der Waals surface area contributed by atoms with Gasteiger partial charge in [0.1, 0.15) is 16.1 Å². The van der Waals surface area contributed by atoms with Crippen molar-refractivity contribution >= 4 is 48.3 Å². The highest BCUT2D eigenvalue weighted by atomic mass is 32.2. The molecule has 5 aromatic rings. The molecule has 0 amide bonds. The number of rotatable bonds is 1. The zero-order chi connectivity index (χ0) is 17.3. The van der Waals surface area contributed by atoms with Crippen molar-refractivity contribution in [2.24, 2.45) is 0 Å². The molecule has 0 aliphatic heterocycles. The van der Waals surface area contributed by atoms with E-state index in [0.29, 0.717) is 21.9 Å². The van der Waals surface area contributed by atoms with Crippen molar-refractivity contribution in [1.29, 1.82) is 0 Å². The summed E-state index contributed by atoms with van der Waals surface area (Å²) in [6, 6.07) is 14.0. The number of nitrogens with zero attached hydrogens (tertiary/aromatic N) is 2. The molecule has 0 fully saturated rings. The van der Waals surface area contributed by atoms with Gasteiger partial charge in [0.15, 0.2) is 0 Å². The van der Waals surface area contributed by atoms with Crippen molar-refractivity contribution in [3.63, 3.8) is 0 Å². The Balaban J connectivity index is 2.20. The van der Waals surface area contributed by atoms with E-state index in [0.717, 1.165) is 10.8 Å². The maximum atomic E-state index is 12.9. The summed E-state index contributed by atoms with van der Waals surface area (Å²) < 4.78 is 34.4. The van der Waals surface area contributed by atoms with Crippen LogP contribution in [0.15, 0.2) is 64.4 Å². The molecular weight excluding hydrogens is 340 g/mol. The van der Waals surface area contributed by atoms with E-state index < -0.39 is 20.4 Å². The average molecular weight is 350 g/mol. The summed E-state index contributed by atoms with van der Waals surface area (Å²) in [5.74, 6) is 0. The lowest BCUT2D eigenvalue weighted by Crippen LogP contribution is -2.17. The molecule has 25 heavy (non-hydrogen) atoms. The van der Waals surface area contributed by atoms with Gasteiger partial charge in [-0.1, -0.05) is 36.4 Å². The normalized spacial score (nSPS) is 12.7. The van der Waals surface area contributed by atoms with Gasteiger partial charge in [-0.15, -0.1) is 0 Å². The van der Waals surface area contributed by atoms with Crippen LogP contribution in [-0.2, 0) is 10.1 Å². The van der Waals surface area contributed by atoms with E-state index in [1.54, 1.807) is 28.8 Å². The molecule has 0 saturated heterocycles. The Bertz CT molecular complexity index is 1490. The van der Waals surface area contributed by atoms with Crippen LogP contribution in [0.1, 0.15) is 0 Å². The molecule has 6 nitrogen and oxygen atoms in total. The lowest BCUT2D eigenvalue weighted by atomic mass is 10.1. The van der Waals surface area contributed by atoms with Gasteiger partial charge < -0.3 is 0 Å². The van der Waals surface area contributed by atoms with E-state index in [1.165, 1.54) is 6.07 Å². The first kappa shape index (κ1) is 14.3. The zero-order valence-electron chi connectivity index (χ0n) is 12.7. The van der Waals surface area contributed by atoms with Crippen LogP contribution in [0.4, 0.5) is 0 Å². The molecule has 0 aliphatic rings. The van der Waals surface area contributed by atoms with Gasteiger partial charge in [0, 0.05) is 22.4 Å². The first-order valence-corrected chi connectivity index (χ1v) is 8.95. The molecule has 2 aromatic heterocycles. The molecule has 3 aromatic carbocycles. The standard InChI is InChI=1S/C18H10N2O4S/c21-17-14(25(22,23)24)8-10-5-3-7-13-15(10)16(17)20-9-11-4-1-2-6-12(11)18(20)19-13/h1-9H,(H,22,23,24). The Hall–Kier alpha value is -3.03. The van der Waals surface area contributed by atoms with Crippen molar-refractivity contribution in [2.45, 2.75) is 4.90 Å². The van der Waals surface area contributed by atoms with Gasteiger partial charge in [-0.3, -0.25) is 13.7 Å². The van der Waals surface area contributed by atoms with Crippen molar-refractivity contribution in [2.75, 3.05) is 0 Å². The lowest BCUT2D eigenvalue weighted by Gasteiger charge is -2.09.